The van der Waals surface area contributed by atoms with Crippen molar-refractivity contribution in [3.8, 4) is 0 Å². The fourth-order valence-corrected chi connectivity index (χ4v) is 3.91. The molecule has 0 saturated carbocycles. The summed E-state index contributed by atoms with van der Waals surface area (Å²) in [6.07, 6.45) is 0.792. The first-order valence-corrected chi connectivity index (χ1v) is 9.94. The van der Waals surface area contributed by atoms with Crippen LogP contribution in [0.1, 0.15) is 15.9 Å². The summed E-state index contributed by atoms with van der Waals surface area (Å²) in [5.41, 5.74) is 2.17. The summed E-state index contributed by atoms with van der Waals surface area (Å²) in [7, 11) is -0.782. The third-order valence-corrected chi connectivity index (χ3v) is 6.27. The van der Waals surface area contributed by atoms with Gasteiger partial charge in [0.25, 0.3) is 5.91 Å². The molecular weight excluding hydrogens is 366 g/mol. The van der Waals surface area contributed by atoms with E-state index in [1.807, 2.05) is 24.3 Å². The predicted octanol–water partition coefficient (Wildman–Crippen LogP) is 1.26. The van der Waals surface area contributed by atoms with Crippen molar-refractivity contribution >= 4 is 27.5 Å². The second-order valence-corrected chi connectivity index (χ2v) is 8.57. The van der Waals surface area contributed by atoms with E-state index >= 15 is 0 Å². The van der Waals surface area contributed by atoms with Gasteiger partial charge in [-0.1, -0.05) is 24.3 Å². The molecule has 0 saturated heterocycles. The number of amides is 2. The largest absolute Gasteiger partial charge is 0.343 e. The standard InChI is InChI=1S/C19H21N3O4S/c1-21(2)27(25,26)16-8-5-7-15(12-16)19(24)20-13-18(23)22-11-10-14-6-3-4-9-17(14)22/h3-9,12H,10-11,13H2,1-2H3,(H,20,24). The molecule has 1 aliphatic heterocycles. The molecule has 0 unspecified atom stereocenters. The third kappa shape index (κ3) is 3.86. The van der Waals surface area contributed by atoms with E-state index < -0.39 is 15.9 Å². The Morgan fingerprint density at radius 1 is 1.11 bits per heavy atom. The summed E-state index contributed by atoms with van der Waals surface area (Å²) in [4.78, 5) is 26.5. The fraction of sp³-hybridized carbons (Fsp3) is 0.263. The minimum absolute atomic E-state index is 0.0277. The molecule has 0 aliphatic carbocycles. The molecule has 1 N–H and O–H groups in total. The van der Waals surface area contributed by atoms with E-state index in [0.717, 1.165) is 22.0 Å². The van der Waals surface area contributed by atoms with Crippen LogP contribution in [0.5, 0.6) is 0 Å². The van der Waals surface area contributed by atoms with E-state index in [1.165, 1.54) is 38.4 Å². The van der Waals surface area contributed by atoms with Crippen molar-refractivity contribution in [3.63, 3.8) is 0 Å². The van der Waals surface area contributed by atoms with Gasteiger partial charge in [-0.05, 0) is 36.2 Å². The summed E-state index contributed by atoms with van der Waals surface area (Å²) in [6, 6.07) is 13.4. The Morgan fingerprint density at radius 3 is 2.59 bits per heavy atom. The number of para-hydroxylation sites is 1. The zero-order valence-electron chi connectivity index (χ0n) is 15.2. The van der Waals surface area contributed by atoms with Gasteiger partial charge in [0.1, 0.15) is 0 Å². The number of anilines is 1. The molecule has 0 fully saturated rings. The van der Waals surface area contributed by atoms with Gasteiger partial charge in [0, 0.05) is 31.9 Å². The summed E-state index contributed by atoms with van der Waals surface area (Å²) in [5.74, 6) is -0.697. The number of hydrogen-bond donors (Lipinski definition) is 1. The Labute approximate surface area is 158 Å². The Kier molecular flexibility index (Phi) is 5.29. The quantitative estimate of drug-likeness (QED) is 0.837. The van der Waals surface area contributed by atoms with Crippen molar-refractivity contribution in [1.29, 1.82) is 0 Å². The highest BCUT2D eigenvalue weighted by Crippen LogP contribution is 2.27. The van der Waals surface area contributed by atoms with E-state index in [1.54, 1.807) is 4.90 Å². The highest BCUT2D eigenvalue weighted by molar-refractivity contribution is 7.89. The maximum Gasteiger partial charge on any atom is 0.251 e. The lowest BCUT2D eigenvalue weighted by Gasteiger charge is -2.17. The van der Waals surface area contributed by atoms with Gasteiger partial charge in [-0.3, -0.25) is 9.59 Å². The van der Waals surface area contributed by atoms with Gasteiger partial charge in [-0.2, -0.15) is 0 Å². The first-order chi connectivity index (χ1) is 12.8. The molecule has 2 aromatic rings. The first-order valence-electron chi connectivity index (χ1n) is 8.50. The van der Waals surface area contributed by atoms with E-state index in [4.69, 9.17) is 0 Å². The van der Waals surface area contributed by atoms with Crippen LogP contribution in [0.3, 0.4) is 0 Å². The lowest BCUT2D eigenvalue weighted by atomic mass is 10.2. The highest BCUT2D eigenvalue weighted by atomic mass is 32.2. The fourth-order valence-electron chi connectivity index (χ4n) is 2.96. The number of nitrogens with one attached hydrogen (secondary N) is 1. The number of rotatable bonds is 5. The molecule has 3 rings (SSSR count). The lowest BCUT2D eigenvalue weighted by Crippen LogP contribution is -2.39. The smallest absolute Gasteiger partial charge is 0.251 e. The topological polar surface area (TPSA) is 86.8 Å². The second kappa shape index (κ2) is 7.50. The minimum Gasteiger partial charge on any atom is -0.343 e. The average molecular weight is 387 g/mol. The van der Waals surface area contributed by atoms with Crippen molar-refractivity contribution in [1.82, 2.24) is 9.62 Å². The van der Waals surface area contributed by atoms with Gasteiger partial charge in [0.15, 0.2) is 0 Å². The van der Waals surface area contributed by atoms with E-state index in [-0.39, 0.29) is 22.9 Å². The molecule has 0 radical (unpaired) electrons. The van der Waals surface area contributed by atoms with Crippen LogP contribution in [0.25, 0.3) is 0 Å². The van der Waals surface area contributed by atoms with E-state index in [2.05, 4.69) is 5.32 Å². The number of nitrogens with zero attached hydrogens (tertiary/aromatic N) is 2. The van der Waals surface area contributed by atoms with Gasteiger partial charge in [0.05, 0.1) is 11.4 Å². The maximum absolute atomic E-state index is 12.5. The monoisotopic (exact) mass is 387 g/mol. The number of sulfonamides is 1. The molecule has 0 aromatic heterocycles. The van der Waals surface area contributed by atoms with Crippen LogP contribution >= 0.6 is 0 Å². The normalized spacial score (nSPS) is 13.5. The molecular formula is C19H21N3O4S. The lowest BCUT2D eigenvalue weighted by molar-refractivity contribution is -0.117. The van der Waals surface area contributed by atoms with E-state index in [9.17, 15) is 18.0 Å². The number of carbonyl (C=O) groups excluding carboxylic acids is 2. The van der Waals surface area contributed by atoms with Gasteiger partial charge in [-0.25, -0.2) is 12.7 Å². The first kappa shape index (κ1) is 19.1. The zero-order chi connectivity index (χ0) is 19.6. The SMILES string of the molecule is CN(C)S(=O)(=O)c1cccc(C(=O)NCC(=O)N2CCc3ccccc32)c1. The molecule has 1 heterocycles. The highest BCUT2D eigenvalue weighted by Gasteiger charge is 2.24. The minimum atomic E-state index is -3.63. The molecule has 7 nitrogen and oxygen atoms in total. The van der Waals surface area contributed by atoms with E-state index in [0.29, 0.717) is 6.54 Å². The Balaban J connectivity index is 1.68. The molecule has 2 amide bonds. The summed E-state index contributed by atoms with van der Waals surface area (Å²) < 4.78 is 25.5. The second-order valence-electron chi connectivity index (χ2n) is 6.42. The van der Waals surface area contributed by atoms with Gasteiger partial charge in [-0.15, -0.1) is 0 Å². The molecule has 142 valence electrons. The summed E-state index contributed by atoms with van der Waals surface area (Å²) >= 11 is 0. The van der Waals surface area contributed by atoms with Crippen molar-refractivity contribution in [2.75, 3.05) is 32.1 Å². The van der Waals surface area contributed by atoms with Gasteiger partial charge in [0.2, 0.25) is 15.9 Å². The number of hydrogen-bond acceptors (Lipinski definition) is 4. The Morgan fingerprint density at radius 2 is 1.85 bits per heavy atom. The van der Waals surface area contributed by atoms with Crippen LogP contribution in [-0.2, 0) is 21.2 Å². The Hall–Kier alpha value is -2.71. The van der Waals surface area contributed by atoms with Crippen molar-refractivity contribution < 1.29 is 18.0 Å². The van der Waals surface area contributed by atoms with Crippen molar-refractivity contribution in [2.45, 2.75) is 11.3 Å². The van der Waals surface area contributed by atoms with Crippen LogP contribution in [0.15, 0.2) is 53.4 Å². The van der Waals surface area contributed by atoms with Gasteiger partial charge >= 0.3 is 0 Å². The zero-order valence-corrected chi connectivity index (χ0v) is 16.0. The van der Waals surface area contributed by atoms with Crippen LogP contribution in [0.4, 0.5) is 5.69 Å². The summed E-state index contributed by atoms with van der Waals surface area (Å²) in [5, 5.41) is 2.58. The van der Waals surface area contributed by atoms with Crippen LogP contribution in [0.2, 0.25) is 0 Å². The maximum atomic E-state index is 12.5. The number of carbonyl (C=O) groups is 2. The summed E-state index contributed by atoms with van der Waals surface area (Å²) in [6.45, 7) is 0.433. The van der Waals surface area contributed by atoms with Crippen molar-refractivity contribution in [3.05, 3.63) is 59.7 Å². The van der Waals surface area contributed by atoms with Crippen LogP contribution < -0.4 is 10.2 Å². The Bertz CT molecular complexity index is 986. The van der Waals surface area contributed by atoms with Gasteiger partial charge < -0.3 is 10.2 Å². The average Bonchev–Trinajstić information content (AvgIpc) is 3.10. The predicted molar refractivity (Wildman–Crippen MR) is 102 cm³/mol. The number of fused-ring (bicyclic) bond motifs is 1. The van der Waals surface area contributed by atoms with Crippen LogP contribution in [-0.4, -0.2) is 51.7 Å². The molecule has 0 bridgehead atoms. The third-order valence-electron chi connectivity index (χ3n) is 4.46. The molecule has 8 heteroatoms. The molecule has 27 heavy (non-hydrogen) atoms. The molecule has 1 aliphatic rings. The van der Waals surface area contributed by atoms with Crippen molar-refractivity contribution in [2.24, 2.45) is 0 Å². The molecule has 0 atom stereocenters. The molecule has 0 spiro atoms. The van der Waals surface area contributed by atoms with Crippen LogP contribution in [0, 0.1) is 0 Å². The molecule has 2 aromatic carbocycles. The number of benzene rings is 2.